The number of nitrogens with one attached hydrogen (secondary N) is 1. The fourth-order valence-corrected chi connectivity index (χ4v) is 3.71. The van der Waals surface area contributed by atoms with E-state index in [0.29, 0.717) is 22.2 Å². The monoisotopic (exact) mass is 406 g/mol. The molecule has 0 bridgehead atoms. The van der Waals surface area contributed by atoms with Gasteiger partial charge in [0.15, 0.2) is 12.4 Å². The number of esters is 1. The van der Waals surface area contributed by atoms with Crippen LogP contribution in [-0.4, -0.2) is 23.6 Å². The van der Waals surface area contributed by atoms with E-state index in [-0.39, 0.29) is 18.6 Å². The van der Waals surface area contributed by atoms with Gasteiger partial charge in [0, 0.05) is 10.4 Å². The quantitative estimate of drug-likeness (QED) is 0.474. The van der Waals surface area contributed by atoms with Crippen LogP contribution in [0.4, 0.5) is 0 Å². The molecule has 4 rings (SSSR count). The van der Waals surface area contributed by atoms with Gasteiger partial charge >= 0.3 is 5.97 Å². The summed E-state index contributed by atoms with van der Waals surface area (Å²) in [6.45, 7) is 1.54. The van der Waals surface area contributed by atoms with E-state index in [1.165, 1.54) is 0 Å². The molecule has 0 unspecified atom stereocenters. The number of aromatic nitrogens is 1. The lowest BCUT2D eigenvalue weighted by Crippen LogP contribution is -2.30. The zero-order valence-electron chi connectivity index (χ0n) is 15.6. The third kappa shape index (κ3) is 4.20. The number of fused-ring (bicyclic) bond motifs is 1. The first-order valence-electron chi connectivity index (χ1n) is 9.06. The number of carbonyl (C=O) groups excluding carboxylic acids is 2. The van der Waals surface area contributed by atoms with E-state index in [1.807, 2.05) is 54.8 Å². The molecule has 2 heterocycles. The summed E-state index contributed by atoms with van der Waals surface area (Å²) in [5.74, 6) is -0.348. The van der Waals surface area contributed by atoms with Crippen molar-refractivity contribution in [3.05, 3.63) is 76.5 Å². The molecule has 0 saturated carbocycles. The van der Waals surface area contributed by atoms with Crippen LogP contribution in [0.5, 0.6) is 0 Å². The fraction of sp³-hybridized carbons (Fsp3) is 0.136. The lowest BCUT2D eigenvalue weighted by Gasteiger charge is -2.12. The van der Waals surface area contributed by atoms with E-state index in [2.05, 4.69) is 10.5 Å². The SMILES string of the molecule is C[C@H](NC(=O)COC(=O)c1ccc2noc(-c3ccccc3)c2c1)c1cccs1. The summed E-state index contributed by atoms with van der Waals surface area (Å²) in [7, 11) is 0. The summed E-state index contributed by atoms with van der Waals surface area (Å²) >= 11 is 1.56. The lowest BCUT2D eigenvalue weighted by molar-refractivity contribution is -0.124. The van der Waals surface area contributed by atoms with Crippen molar-refractivity contribution < 1.29 is 18.8 Å². The van der Waals surface area contributed by atoms with Crippen LogP contribution >= 0.6 is 11.3 Å². The van der Waals surface area contributed by atoms with Crippen LogP contribution in [0.25, 0.3) is 22.2 Å². The molecule has 7 heteroatoms. The molecule has 0 aliphatic carbocycles. The van der Waals surface area contributed by atoms with Crippen LogP contribution in [-0.2, 0) is 9.53 Å². The van der Waals surface area contributed by atoms with Gasteiger partial charge in [0.05, 0.1) is 17.0 Å². The summed E-state index contributed by atoms with van der Waals surface area (Å²) in [4.78, 5) is 25.5. The number of thiophene rings is 1. The third-order valence-electron chi connectivity index (χ3n) is 4.43. The standard InChI is InChI=1S/C22H18N2O4S/c1-14(19-8-5-11-29-19)23-20(25)13-27-22(26)16-9-10-18-17(12-16)21(28-24-18)15-6-3-2-4-7-15/h2-12,14H,13H2,1H3,(H,23,25)/t14-/m0/s1. The van der Waals surface area contributed by atoms with Crippen LogP contribution in [0.3, 0.4) is 0 Å². The number of ether oxygens (including phenoxy) is 1. The van der Waals surface area contributed by atoms with E-state index in [1.54, 1.807) is 29.5 Å². The summed E-state index contributed by atoms with van der Waals surface area (Å²) in [5.41, 5.74) is 1.84. The number of hydrogen-bond donors (Lipinski definition) is 1. The van der Waals surface area contributed by atoms with E-state index >= 15 is 0 Å². The zero-order chi connectivity index (χ0) is 20.2. The van der Waals surface area contributed by atoms with Crippen LogP contribution in [0.15, 0.2) is 70.6 Å². The number of rotatable bonds is 6. The molecule has 2 aromatic carbocycles. The molecule has 6 nitrogen and oxygen atoms in total. The maximum Gasteiger partial charge on any atom is 0.338 e. The van der Waals surface area contributed by atoms with Crippen molar-refractivity contribution in [2.24, 2.45) is 0 Å². The van der Waals surface area contributed by atoms with Crippen LogP contribution in [0.2, 0.25) is 0 Å². The Bertz CT molecular complexity index is 1140. The largest absolute Gasteiger partial charge is 0.452 e. The topological polar surface area (TPSA) is 81.4 Å². The second kappa shape index (κ2) is 8.28. The molecule has 1 amide bonds. The maximum atomic E-state index is 12.4. The van der Waals surface area contributed by atoms with Gasteiger partial charge in [-0.15, -0.1) is 11.3 Å². The Hall–Kier alpha value is -3.45. The first-order chi connectivity index (χ1) is 14.1. The fourth-order valence-electron chi connectivity index (χ4n) is 2.97. The van der Waals surface area contributed by atoms with E-state index in [9.17, 15) is 9.59 Å². The summed E-state index contributed by atoms with van der Waals surface area (Å²) < 4.78 is 10.6. The van der Waals surface area contributed by atoms with Gasteiger partial charge in [-0.3, -0.25) is 4.79 Å². The first kappa shape index (κ1) is 18.9. The summed E-state index contributed by atoms with van der Waals surface area (Å²) in [6, 6.07) is 18.2. The van der Waals surface area contributed by atoms with Crippen molar-refractivity contribution in [2.45, 2.75) is 13.0 Å². The third-order valence-corrected chi connectivity index (χ3v) is 5.48. The molecule has 0 saturated heterocycles. The van der Waals surface area contributed by atoms with Gasteiger partial charge in [-0.05, 0) is 36.6 Å². The van der Waals surface area contributed by atoms with Crippen molar-refractivity contribution in [1.82, 2.24) is 10.5 Å². The van der Waals surface area contributed by atoms with Gasteiger partial charge in [0.2, 0.25) is 0 Å². The minimum Gasteiger partial charge on any atom is -0.452 e. The summed E-state index contributed by atoms with van der Waals surface area (Å²) in [5, 5.41) is 9.51. The molecular formula is C22H18N2O4S. The minimum atomic E-state index is -0.578. The Kier molecular flexibility index (Phi) is 5.39. The highest BCUT2D eigenvalue weighted by molar-refractivity contribution is 7.10. The minimum absolute atomic E-state index is 0.136. The summed E-state index contributed by atoms with van der Waals surface area (Å²) in [6.07, 6.45) is 0. The predicted molar refractivity (Wildman–Crippen MR) is 111 cm³/mol. The zero-order valence-corrected chi connectivity index (χ0v) is 16.4. The van der Waals surface area contributed by atoms with Gasteiger partial charge in [-0.1, -0.05) is 41.6 Å². The molecule has 0 aliphatic heterocycles. The second-order valence-corrected chi connectivity index (χ2v) is 7.47. The number of carbonyl (C=O) groups is 2. The van der Waals surface area contributed by atoms with Crippen molar-refractivity contribution >= 4 is 34.1 Å². The highest BCUT2D eigenvalue weighted by Gasteiger charge is 2.16. The highest BCUT2D eigenvalue weighted by atomic mass is 32.1. The number of hydrogen-bond acceptors (Lipinski definition) is 6. The van der Waals surface area contributed by atoms with Gasteiger partial charge in [-0.2, -0.15) is 0 Å². The first-order valence-corrected chi connectivity index (χ1v) is 9.94. The van der Waals surface area contributed by atoms with Crippen LogP contribution in [0.1, 0.15) is 28.2 Å². The Labute approximate surface area is 171 Å². The van der Waals surface area contributed by atoms with Gasteiger partial charge < -0.3 is 14.6 Å². The molecule has 29 heavy (non-hydrogen) atoms. The Morgan fingerprint density at radius 1 is 1.14 bits per heavy atom. The molecule has 1 N–H and O–H groups in total. The van der Waals surface area contributed by atoms with Crippen molar-refractivity contribution in [3.63, 3.8) is 0 Å². The Morgan fingerprint density at radius 2 is 1.97 bits per heavy atom. The van der Waals surface area contributed by atoms with Gasteiger partial charge in [0.25, 0.3) is 5.91 Å². The molecule has 0 fully saturated rings. The molecule has 4 aromatic rings. The average molecular weight is 406 g/mol. The van der Waals surface area contributed by atoms with Crippen LogP contribution < -0.4 is 5.32 Å². The maximum absolute atomic E-state index is 12.4. The Morgan fingerprint density at radius 3 is 2.72 bits per heavy atom. The average Bonchev–Trinajstić information content (AvgIpc) is 3.42. The molecule has 2 aromatic heterocycles. The van der Waals surface area contributed by atoms with Crippen molar-refractivity contribution in [3.8, 4) is 11.3 Å². The number of nitrogens with zero attached hydrogens (tertiary/aromatic N) is 1. The van der Waals surface area contributed by atoms with Crippen LogP contribution in [0, 0.1) is 0 Å². The van der Waals surface area contributed by atoms with Crippen molar-refractivity contribution in [1.29, 1.82) is 0 Å². The molecule has 0 spiro atoms. The predicted octanol–water partition coefficient (Wildman–Crippen LogP) is 4.59. The molecule has 0 radical (unpaired) electrons. The number of benzene rings is 2. The molecule has 146 valence electrons. The molecule has 1 atom stereocenters. The van der Waals surface area contributed by atoms with E-state index < -0.39 is 5.97 Å². The Balaban J connectivity index is 1.44. The molecular weight excluding hydrogens is 388 g/mol. The smallest absolute Gasteiger partial charge is 0.338 e. The van der Waals surface area contributed by atoms with Crippen molar-refractivity contribution in [2.75, 3.05) is 6.61 Å². The van der Waals surface area contributed by atoms with Gasteiger partial charge in [-0.25, -0.2) is 4.79 Å². The lowest BCUT2D eigenvalue weighted by atomic mass is 10.1. The van der Waals surface area contributed by atoms with Gasteiger partial charge in [0.1, 0.15) is 5.52 Å². The normalized spacial score (nSPS) is 11.9. The van der Waals surface area contributed by atoms with E-state index in [4.69, 9.17) is 9.26 Å². The number of amides is 1. The second-order valence-electron chi connectivity index (χ2n) is 6.49. The molecule has 0 aliphatic rings. The van der Waals surface area contributed by atoms with E-state index in [0.717, 1.165) is 10.4 Å². The highest BCUT2D eigenvalue weighted by Crippen LogP contribution is 2.29.